The van der Waals surface area contributed by atoms with E-state index >= 15 is 0 Å². The molecule has 0 spiro atoms. The summed E-state index contributed by atoms with van der Waals surface area (Å²) in [5.74, 6) is 0.375. The number of furan rings is 1. The molecule has 0 aliphatic rings. The molecule has 0 unspecified atom stereocenters. The first kappa shape index (κ1) is 15.1. The second kappa shape index (κ2) is 14.2. The average molecular weight is 203 g/mol. The topological polar surface area (TPSA) is 54.0 Å². The maximum atomic E-state index is 9.77. The Balaban J connectivity index is 0. The number of allylic oxidation sites excluding steroid dienone is 3. The van der Waals surface area contributed by atoms with Crippen LogP contribution in [0.25, 0.3) is 0 Å². The van der Waals surface area contributed by atoms with Gasteiger partial charge in [-0.05, 0) is 12.1 Å². The summed E-state index contributed by atoms with van der Waals surface area (Å²) in [5, 5.41) is 7.51. The van der Waals surface area contributed by atoms with Gasteiger partial charge in [0.25, 0.3) is 0 Å². The Morgan fingerprint density at radius 2 is 1.87 bits per heavy atom. The summed E-state index contributed by atoms with van der Waals surface area (Å²) in [6.45, 7) is 9.84. The Morgan fingerprint density at radius 3 is 2.00 bits per heavy atom. The van der Waals surface area contributed by atoms with E-state index in [9.17, 15) is 4.79 Å². The van der Waals surface area contributed by atoms with Crippen LogP contribution in [0.4, 0.5) is 0 Å². The minimum Gasteiger partial charge on any atom is -0.462 e. The van der Waals surface area contributed by atoms with Crippen molar-refractivity contribution in [1.82, 2.24) is 0 Å². The molecule has 0 aliphatic heterocycles. The monoisotopic (exact) mass is 203 g/mol. The zero-order chi connectivity index (χ0) is 11.9. The second-order valence-electron chi connectivity index (χ2n) is 1.94. The maximum absolute atomic E-state index is 9.77. The molecule has 0 bridgehead atoms. The molecular weight excluding hydrogens is 190 g/mol. The van der Waals surface area contributed by atoms with Crippen LogP contribution in [-0.4, -0.2) is 6.29 Å². The van der Waals surface area contributed by atoms with Crippen LogP contribution in [0.3, 0.4) is 0 Å². The summed E-state index contributed by atoms with van der Waals surface area (Å²) >= 11 is 0. The van der Waals surface area contributed by atoms with Crippen molar-refractivity contribution in [3.8, 4) is 6.07 Å². The number of carbonyl (C=O) groups is 1. The molecule has 3 heteroatoms. The average Bonchev–Trinajstić information content (AvgIpc) is 2.82. The molecule has 0 fully saturated rings. The van der Waals surface area contributed by atoms with Crippen LogP contribution in [0.2, 0.25) is 0 Å². The van der Waals surface area contributed by atoms with Crippen molar-refractivity contribution in [1.29, 1.82) is 5.26 Å². The fourth-order valence-electron chi connectivity index (χ4n) is 0.358. The van der Waals surface area contributed by atoms with Gasteiger partial charge in [0.15, 0.2) is 12.0 Å². The zero-order valence-electron chi connectivity index (χ0n) is 8.43. The highest BCUT2D eigenvalue weighted by molar-refractivity contribution is 5.69. The fourth-order valence-corrected chi connectivity index (χ4v) is 0.358. The molecule has 1 heterocycles. The van der Waals surface area contributed by atoms with Gasteiger partial charge in [0.2, 0.25) is 0 Å². The molecule has 0 saturated carbocycles. The third kappa shape index (κ3) is 14.5. The van der Waals surface area contributed by atoms with Gasteiger partial charge in [0.05, 0.1) is 12.3 Å². The van der Waals surface area contributed by atoms with Crippen LogP contribution >= 0.6 is 0 Å². The summed E-state index contributed by atoms with van der Waals surface area (Å²) in [5.41, 5.74) is 0. The SMILES string of the molecule is C=CC#N.C=CC=C.O=Cc1ccco1. The minimum absolute atomic E-state index is 0.375. The predicted molar refractivity (Wildman–Crippen MR) is 60.3 cm³/mol. The lowest BCUT2D eigenvalue weighted by atomic mass is 10.5. The van der Waals surface area contributed by atoms with E-state index in [1.54, 1.807) is 30.4 Å². The Bertz CT molecular complexity index is 312. The summed E-state index contributed by atoms with van der Waals surface area (Å²) in [6.07, 6.45) is 6.59. The van der Waals surface area contributed by atoms with E-state index in [2.05, 4.69) is 24.2 Å². The van der Waals surface area contributed by atoms with E-state index in [1.165, 1.54) is 12.3 Å². The van der Waals surface area contributed by atoms with Gasteiger partial charge >= 0.3 is 0 Å². The fraction of sp³-hybridized carbons (Fsp3) is 0. The van der Waals surface area contributed by atoms with Gasteiger partial charge in [-0.25, -0.2) is 0 Å². The first-order valence-corrected chi connectivity index (χ1v) is 3.99. The Kier molecular flexibility index (Phi) is 14.3. The quantitative estimate of drug-likeness (QED) is 0.421. The van der Waals surface area contributed by atoms with Crippen molar-refractivity contribution < 1.29 is 9.21 Å². The first-order valence-electron chi connectivity index (χ1n) is 3.99. The Morgan fingerprint density at radius 1 is 1.33 bits per heavy atom. The third-order valence-electron chi connectivity index (χ3n) is 0.917. The minimum atomic E-state index is 0.375. The van der Waals surface area contributed by atoms with Crippen molar-refractivity contribution in [3.05, 3.63) is 62.1 Å². The molecule has 0 saturated heterocycles. The van der Waals surface area contributed by atoms with Gasteiger partial charge in [-0.15, -0.1) is 0 Å². The van der Waals surface area contributed by atoms with E-state index in [0.29, 0.717) is 12.0 Å². The van der Waals surface area contributed by atoms with E-state index in [-0.39, 0.29) is 0 Å². The maximum Gasteiger partial charge on any atom is 0.185 e. The lowest BCUT2D eigenvalue weighted by Crippen LogP contribution is -1.65. The van der Waals surface area contributed by atoms with Gasteiger partial charge in [-0.1, -0.05) is 31.9 Å². The normalized spacial score (nSPS) is 6.33. The highest BCUT2D eigenvalue weighted by Crippen LogP contribution is 1.92. The molecule has 1 aromatic heterocycles. The van der Waals surface area contributed by atoms with Crippen LogP contribution < -0.4 is 0 Å². The van der Waals surface area contributed by atoms with Crippen LogP contribution in [-0.2, 0) is 0 Å². The Labute approximate surface area is 89.6 Å². The summed E-state index contributed by atoms with van der Waals surface area (Å²) in [7, 11) is 0. The predicted octanol–water partition coefficient (Wildman–Crippen LogP) is 3.15. The summed E-state index contributed by atoms with van der Waals surface area (Å²) in [6, 6.07) is 4.97. The van der Waals surface area contributed by atoms with Crippen molar-refractivity contribution in [2.24, 2.45) is 0 Å². The number of nitrogens with zero attached hydrogens (tertiary/aromatic N) is 1. The molecule has 3 nitrogen and oxygen atoms in total. The van der Waals surface area contributed by atoms with E-state index in [4.69, 9.17) is 5.26 Å². The molecule has 15 heavy (non-hydrogen) atoms. The molecule has 0 atom stereocenters. The number of rotatable bonds is 2. The molecule has 1 aromatic rings. The molecule has 0 radical (unpaired) electrons. The van der Waals surface area contributed by atoms with Crippen LogP contribution in [0, 0.1) is 11.3 Å². The largest absolute Gasteiger partial charge is 0.462 e. The highest BCUT2D eigenvalue weighted by atomic mass is 16.3. The number of carbonyl (C=O) groups excluding carboxylic acids is 1. The van der Waals surface area contributed by atoms with Gasteiger partial charge in [0.1, 0.15) is 0 Å². The van der Waals surface area contributed by atoms with E-state index < -0.39 is 0 Å². The zero-order valence-corrected chi connectivity index (χ0v) is 8.43. The van der Waals surface area contributed by atoms with Gasteiger partial charge < -0.3 is 4.42 Å². The number of hydrogen-bond donors (Lipinski definition) is 0. The van der Waals surface area contributed by atoms with Gasteiger partial charge in [-0.2, -0.15) is 5.26 Å². The lowest BCUT2D eigenvalue weighted by molar-refractivity contribution is 0.110. The molecule has 1 rings (SSSR count). The molecular formula is C12H13NO2. The van der Waals surface area contributed by atoms with Crippen LogP contribution in [0.5, 0.6) is 0 Å². The molecule has 0 N–H and O–H groups in total. The highest BCUT2D eigenvalue weighted by Gasteiger charge is 1.84. The first-order chi connectivity index (χ1) is 7.26. The van der Waals surface area contributed by atoms with Crippen molar-refractivity contribution in [2.45, 2.75) is 0 Å². The molecule has 0 aliphatic carbocycles. The van der Waals surface area contributed by atoms with Crippen molar-refractivity contribution in [3.63, 3.8) is 0 Å². The van der Waals surface area contributed by atoms with Crippen molar-refractivity contribution >= 4 is 6.29 Å². The van der Waals surface area contributed by atoms with Crippen LogP contribution in [0.15, 0.2) is 60.8 Å². The molecule has 78 valence electrons. The smallest absolute Gasteiger partial charge is 0.185 e. The molecule has 0 aromatic carbocycles. The van der Waals surface area contributed by atoms with Gasteiger partial charge in [0, 0.05) is 6.08 Å². The third-order valence-corrected chi connectivity index (χ3v) is 0.917. The number of hydrogen-bond acceptors (Lipinski definition) is 3. The lowest BCUT2D eigenvalue weighted by Gasteiger charge is -1.68. The number of aldehydes is 1. The van der Waals surface area contributed by atoms with E-state index in [0.717, 1.165) is 0 Å². The van der Waals surface area contributed by atoms with Crippen LogP contribution in [0.1, 0.15) is 10.6 Å². The number of nitriles is 1. The van der Waals surface area contributed by atoms with E-state index in [1.807, 2.05) is 0 Å². The summed E-state index contributed by atoms with van der Waals surface area (Å²) in [4.78, 5) is 9.77. The van der Waals surface area contributed by atoms with Gasteiger partial charge in [-0.3, -0.25) is 4.79 Å². The second-order valence-corrected chi connectivity index (χ2v) is 1.94. The Hall–Kier alpha value is -2.34. The standard InChI is InChI=1S/C5H4O2.C4H6.C3H3N/c6-4-5-2-1-3-7-5;1-3-4-2;1-2-3-4/h1-4H;3-4H,1-2H2;2H,1H2. The van der Waals surface area contributed by atoms with Crippen molar-refractivity contribution in [2.75, 3.05) is 0 Å². The molecule has 0 amide bonds. The summed E-state index contributed by atoms with van der Waals surface area (Å²) < 4.78 is 4.61.